The van der Waals surface area contributed by atoms with Gasteiger partial charge in [0.1, 0.15) is 0 Å². The van der Waals surface area contributed by atoms with Crippen LogP contribution in [0.5, 0.6) is 0 Å². The maximum Gasteiger partial charge on any atom is 0.261 e. The molecule has 1 amide bonds. The molecule has 1 N–H and O–H groups in total. The number of benzene rings is 1. The van der Waals surface area contributed by atoms with E-state index in [1.807, 2.05) is 36.5 Å². The number of nitrogens with zero attached hydrogens (tertiary/aromatic N) is 2. The standard InChI is InChI=1S/C17H17N3OS/c21-17(16-9-12-5-1-2-7-15(12)22-16)18-10-13-11-19-20-8-4-3-6-14(13)20/h1-2,5,7,9,11H,3-4,6,8,10H2,(H,18,21). The molecule has 22 heavy (non-hydrogen) atoms. The highest BCUT2D eigenvalue weighted by molar-refractivity contribution is 7.20. The van der Waals surface area contributed by atoms with Gasteiger partial charge in [-0.1, -0.05) is 18.2 Å². The molecule has 0 spiro atoms. The fourth-order valence-corrected chi connectivity index (χ4v) is 3.97. The van der Waals surface area contributed by atoms with Crippen molar-refractivity contribution in [2.24, 2.45) is 0 Å². The lowest BCUT2D eigenvalue weighted by molar-refractivity contribution is 0.0955. The van der Waals surface area contributed by atoms with Crippen molar-refractivity contribution in [1.29, 1.82) is 0 Å². The molecule has 0 aliphatic carbocycles. The number of rotatable bonds is 3. The summed E-state index contributed by atoms with van der Waals surface area (Å²) in [7, 11) is 0. The molecule has 5 heteroatoms. The number of nitrogens with one attached hydrogen (secondary N) is 1. The van der Waals surface area contributed by atoms with E-state index < -0.39 is 0 Å². The molecule has 4 nitrogen and oxygen atoms in total. The summed E-state index contributed by atoms with van der Waals surface area (Å²) in [5.74, 6) is -0.00282. The zero-order chi connectivity index (χ0) is 14.9. The predicted molar refractivity (Wildman–Crippen MR) is 88.2 cm³/mol. The Bertz CT molecular complexity index is 800. The molecule has 1 aromatic carbocycles. The number of fused-ring (bicyclic) bond motifs is 2. The highest BCUT2D eigenvalue weighted by Gasteiger charge is 2.16. The molecule has 2 aromatic heterocycles. The average Bonchev–Trinajstić information content (AvgIpc) is 3.16. The van der Waals surface area contributed by atoms with Gasteiger partial charge >= 0.3 is 0 Å². The Morgan fingerprint density at radius 1 is 1.32 bits per heavy atom. The van der Waals surface area contributed by atoms with Crippen LogP contribution in [0.4, 0.5) is 0 Å². The lowest BCUT2D eigenvalue weighted by Crippen LogP contribution is -2.23. The van der Waals surface area contributed by atoms with E-state index in [0.29, 0.717) is 6.54 Å². The van der Waals surface area contributed by atoms with Crippen LogP contribution in [0, 0.1) is 0 Å². The highest BCUT2D eigenvalue weighted by Crippen LogP contribution is 2.25. The number of carbonyl (C=O) groups is 1. The Hall–Kier alpha value is -2.14. The third-order valence-electron chi connectivity index (χ3n) is 4.16. The summed E-state index contributed by atoms with van der Waals surface area (Å²) in [6.45, 7) is 1.56. The van der Waals surface area contributed by atoms with E-state index in [2.05, 4.69) is 15.1 Å². The quantitative estimate of drug-likeness (QED) is 0.806. The minimum Gasteiger partial charge on any atom is -0.347 e. The first-order valence-electron chi connectivity index (χ1n) is 7.61. The van der Waals surface area contributed by atoms with Gasteiger partial charge in [-0.25, -0.2) is 0 Å². The molecule has 0 fully saturated rings. The third kappa shape index (κ3) is 2.41. The minimum absolute atomic E-state index is 0.00282. The number of hydrogen-bond acceptors (Lipinski definition) is 3. The van der Waals surface area contributed by atoms with Gasteiger partial charge in [-0.2, -0.15) is 5.10 Å². The molecular formula is C17H17N3OS. The van der Waals surface area contributed by atoms with Gasteiger partial charge in [0.25, 0.3) is 5.91 Å². The molecule has 112 valence electrons. The van der Waals surface area contributed by atoms with E-state index in [4.69, 9.17) is 0 Å². The van der Waals surface area contributed by atoms with Crippen LogP contribution in [-0.2, 0) is 19.5 Å². The van der Waals surface area contributed by atoms with Gasteiger partial charge in [0.15, 0.2) is 0 Å². The third-order valence-corrected chi connectivity index (χ3v) is 5.27. The molecule has 0 atom stereocenters. The van der Waals surface area contributed by atoms with Crippen LogP contribution < -0.4 is 5.32 Å². The van der Waals surface area contributed by atoms with E-state index in [0.717, 1.165) is 33.5 Å². The predicted octanol–water partition coefficient (Wildman–Crippen LogP) is 3.36. The van der Waals surface area contributed by atoms with Crippen molar-refractivity contribution >= 4 is 27.3 Å². The van der Waals surface area contributed by atoms with Crippen LogP contribution >= 0.6 is 11.3 Å². The first kappa shape index (κ1) is 13.5. The first-order valence-corrected chi connectivity index (χ1v) is 8.43. The largest absolute Gasteiger partial charge is 0.347 e. The maximum atomic E-state index is 12.3. The van der Waals surface area contributed by atoms with Gasteiger partial charge in [-0.15, -0.1) is 11.3 Å². The van der Waals surface area contributed by atoms with Crippen LogP contribution in [0.15, 0.2) is 36.5 Å². The molecule has 0 saturated heterocycles. The zero-order valence-electron chi connectivity index (χ0n) is 12.2. The molecular weight excluding hydrogens is 294 g/mol. The Labute approximate surface area is 132 Å². The minimum atomic E-state index is -0.00282. The van der Waals surface area contributed by atoms with Crippen molar-refractivity contribution in [2.45, 2.75) is 32.4 Å². The number of amides is 1. The second-order valence-corrected chi connectivity index (χ2v) is 6.71. The second kappa shape index (κ2) is 5.57. The van der Waals surface area contributed by atoms with E-state index in [1.54, 1.807) is 0 Å². The Balaban J connectivity index is 1.49. The van der Waals surface area contributed by atoms with E-state index >= 15 is 0 Å². The molecule has 3 heterocycles. The van der Waals surface area contributed by atoms with E-state index in [9.17, 15) is 4.79 Å². The fourth-order valence-electron chi connectivity index (χ4n) is 2.99. The zero-order valence-corrected chi connectivity index (χ0v) is 13.0. The summed E-state index contributed by atoms with van der Waals surface area (Å²) < 4.78 is 3.22. The molecule has 3 aromatic rings. The van der Waals surface area contributed by atoms with Gasteiger partial charge in [0.2, 0.25) is 0 Å². The lowest BCUT2D eigenvalue weighted by Gasteiger charge is -2.14. The van der Waals surface area contributed by atoms with Crippen molar-refractivity contribution in [3.8, 4) is 0 Å². The molecule has 4 rings (SSSR count). The normalized spacial score (nSPS) is 14.0. The van der Waals surface area contributed by atoms with Crippen LogP contribution in [0.1, 0.15) is 33.8 Å². The van der Waals surface area contributed by atoms with E-state index in [1.165, 1.54) is 29.9 Å². The van der Waals surface area contributed by atoms with Crippen molar-refractivity contribution in [3.63, 3.8) is 0 Å². The average molecular weight is 311 g/mol. The van der Waals surface area contributed by atoms with Crippen molar-refractivity contribution in [3.05, 3.63) is 52.7 Å². The molecule has 0 radical (unpaired) electrons. The maximum absolute atomic E-state index is 12.3. The second-order valence-electron chi connectivity index (χ2n) is 5.63. The first-order chi connectivity index (χ1) is 10.8. The van der Waals surface area contributed by atoms with Gasteiger partial charge in [-0.05, 0) is 36.8 Å². The summed E-state index contributed by atoms with van der Waals surface area (Å²) in [5.41, 5.74) is 2.43. The van der Waals surface area contributed by atoms with Gasteiger partial charge in [0, 0.05) is 29.0 Å². The lowest BCUT2D eigenvalue weighted by atomic mass is 10.1. The highest BCUT2D eigenvalue weighted by atomic mass is 32.1. The SMILES string of the molecule is O=C(NCc1cnn2c1CCCC2)c1cc2ccccc2s1. The summed E-state index contributed by atoms with van der Waals surface area (Å²) in [6, 6.07) is 10.0. The van der Waals surface area contributed by atoms with Crippen molar-refractivity contribution < 1.29 is 4.79 Å². The Kier molecular flexibility index (Phi) is 3.42. The summed E-state index contributed by atoms with van der Waals surface area (Å²) >= 11 is 1.54. The monoisotopic (exact) mass is 311 g/mol. The van der Waals surface area contributed by atoms with Crippen molar-refractivity contribution in [2.75, 3.05) is 0 Å². The Morgan fingerprint density at radius 2 is 2.23 bits per heavy atom. The molecule has 0 bridgehead atoms. The van der Waals surface area contributed by atoms with Gasteiger partial charge < -0.3 is 5.32 Å². The number of carbonyl (C=O) groups excluding carboxylic acids is 1. The van der Waals surface area contributed by atoms with Crippen LogP contribution in [-0.4, -0.2) is 15.7 Å². The molecule has 1 aliphatic rings. The molecule has 1 aliphatic heterocycles. The fraction of sp³-hybridized carbons (Fsp3) is 0.294. The molecule has 0 unspecified atom stereocenters. The van der Waals surface area contributed by atoms with Crippen molar-refractivity contribution in [1.82, 2.24) is 15.1 Å². The van der Waals surface area contributed by atoms with Crippen LogP contribution in [0.2, 0.25) is 0 Å². The van der Waals surface area contributed by atoms with E-state index in [-0.39, 0.29) is 5.91 Å². The molecule has 0 saturated carbocycles. The number of aryl methyl sites for hydroxylation is 1. The van der Waals surface area contributed by atoms with Crippen LogP contribution in [0.3, 0.4) is 0 Å². The smallest absolute Gasteiger partial charge is 0.261 e. The summed E-state index contributed by atoms with van der Waals surface area (Å²) in [6.07, 6.45) is 5.37. The van der Waals surface area contributed by atoms with Gasteiger partial charge in [0.05, 0.1) is 11.1 Å². The Morgan fingerprint density at radius 3 is 3.14 bits per heavy atom. The topological polar surface area (TPSA) is 46.9 Å². The number of thiophene rings is 1. The summed E-state index contributed by atoms with van der Waals surface area (Å²) in [5, 5.41) is 8.57. The number of aromatic nitrogens is 2. The van der Waals surface area contributed by atoms with Crippen LogP contribution in [0.25, 0.3) is 10.1 Å². The van der Waals surface area contributed by atoms with Gasteiger partial charge in [-0.3, -0.25) is 9.48 Å². The number of hydrogen-bond donors (Lipinski definition) is 1. The summed E-state index contributed by atoms with van der Waals surface area (Å²) in [4.78, 5) is 13.1.